The molecule has 27 heavy (non-hydrogen) atoms. The zero-order valence-corrected chi connectivity index (χ0v) is 16.5. The zero-order chi connectivity index (χ0) is 18.8. The van der Waals surface area contributed by atoms with Gasteiger partial charge in [0.1, 0.15) is 0 Å². The van der Waals surface area contributed by atoms with Gasteiger partial charge in [-0.05, 0) is 37.4 Å². The van der Waals surface area contributed by atoms with E-state index in [1.807, 2.05) is 0 Å². The number of amides is 1. The topological polar surface area (TPSA) is 87.4 Å². The fraction of sp³-hybridized carbons (Fsp3) is 0.278. The molecule has 0 aliphatic carbocycles. The number of anilines is 3. The molecule has 0 radical (unpaired) electrons. The van der Waals surface area contributed by atoms with Crippen LogP contribution in [0.2, 0.25) is 0 Å². The second kappa shape index (κ2) is 7.63. The minimum Gasteiger partial charge on any atom is -0.369 e. The number of likely N-dealkylation sites (N-methyl/N-ethyl adjacent to an activating group) is 1. The SMILES string of the molecule is CN1CCN(c2ccc(Nc3nnc(-c4cc(C(N)=O)cs4)s3)cc2)CC1. The molecule has 1 saturated heterocycles. The van der Waals surface area contributed by atoms with Crippen LogP contribution >= 0.6 is 22.7 Å². The minimum atomic E-state index is -0.430. The van der Waals surface area contributed by atoms with Crippen molar-refractivity contribution >= 4 is 45.1 Å². The molecule has 1 amide bonds. The van der Waals surface area contributed by atoms with E-state index >= 15 is 0 Å². The standard InChI is InChI=1S/C18H20N6OS2/c1-23-6-8-24(9-7-23)14-4-2-13(3-5-14)20-18-22-21-17(27-18)15-10-12(11-26-15)16(19)25/h2-5,10-11H,6-9H2,1H3,(H2,19,25)(H,20,22). The Balaban J connectivity index is 1.42. The van der Waals surface area contributed by atoms with E-state index < -0.39 is 5.91 Å². The van der Waals surface area contributed by atoms with Gasteiger partial charge in [0.25, 0.3) is 0 Å². The summed E-state index contributed by atoms with van der Waals surface area (Å²) in [6.07, 6.45) is 0. The molecule has 3 N–H and O–H groups in total. The molecule has 3 aromatic rings. The third-order valence-corrected chi connectivity index (χ3v) is 6.44. The van der Waals surface area contributed by atoms with Gasteiger partial charge in [-0.1, -0.05) is 11.3 Å². The molecule has 1 fully saturated rings. The van der Waals surface area contributed by atoms with Gasteiger partial charge in [-0.3, -0.25) is 4.79 Å². The molecule has 0 saturated carbocycles. The van der Waals surface area contributed by atoms with Gasteiger partial charge in [-0.15, -0.1) is 21.5 Å². The number of aromatic nitrogens is 2. The van der Waals surface area contributed by atoms with Gasteiger partial charge in [0, 0.05) is 42.9 Å². The summed E-state index contributed by atoms with van der Waals surface area (Å²) in [7, 11) is 2.16. The Kier molecular flexibility index (Phi) is 5.06. The van der Waals surface area contributed by atoms with Crippen molar-refractivity contribution in [1.29, 1.82) is 0 Å². The van der Waals surface area contributed by atoms with E-state index in [1.165, 1.54) is 28.4 Å². The summed E-state index contributed by atoms with van der Waals surface area (Å²) >= 11 is 2.89. The van der Waals surface area contributed by atoms with Crippen LogP contribution in [-0.4, -0.2) is 54.2 Å². The number of nitrogens with one attached hydrogen (secondary N) is 1. The number of nitrogens with zero attached hydrogens (tertiary/aromatic N) is 4. The van der Waals surface area contributed by atoms with Crippen LogP contribution in [0.1, 0.15) is 10.4 Å². The molecule has 3 heterocycles. The van der Waals surface area contributed by atoms with Crippen molar-refractivity contribution in [2.24, 2.45) is 5.73 Å². The highest BCUT2D eigenvalue weighted by molar-refractivity contribution is 7.23. The Morgan fingerprint density at radius 1 is 1.15 bits per heavy atom. The number of carbonyl (C=O) groups excluding carboxylic acids is 1. The maximum absolute atomic E-state index is 11.2. The predicted molar refractivity (Wildman–Crippen MR) is 111 cm³/mol. The first-order valence-corrected chi connectivity index (χ1v) is 10.3. The fourth-order valence-electron chi connectivity index (χ4n) is 2.89. The van der Waals surface area contributed by atoms with Crippen LogP contribution in [0, 0.1) is 0 Å². The van der Waals surface area contributed by atoms with E-state index in [4.69, 9.17) is 5.73 Å². The fourth-order valence-corrected chi connectivity index (χ4v) is 4.61. The average molecular weight is 401 g/mol. The van der Waals surface area contributed by atoms with Gasteiger partial charge in [-0.25, -0.2) is 0 Å². The number of thiophene rings is 1. The molecule has 1 aliphatic heterocycles. The Hall–Kier alpha value is -2.49. The number of hydrogen-bond acceptors (Lipinski definition) is 8. The van der Waals surface area contributed by atoms with E-state index in [2.05, 4.69) is 56.6 Å². The monoisotopic (exact) mass is 400 g/mol. The molecule has 4 rings (SSSR count). The normalized spacial score (nSPS) is 15.1. The van der Waals surface area contributed by atoms with Crippen LogP contribution in [0.4, 0.5) is 16.5 Å². The van der Waals surface area contributed by atoms with Crippen molar-refractivity contribution in [2.75, 3.05) is 43.4 Å². The molecule has 0 bridgehead atoms. The highest BCUT2D eigenvalue weighted by Crippen LogP contribution is 2.32. The molecule has 0 spiro atoms. The van der Waals surface area contributed by atoms with Crippen molar-refractivity contribution in [3.63, 3.8) is 0 Å². The molecule has 1 aromatic carbocycles. The van der Waals surface area contributed by atoms with Crippen molar-refractivity contribution in [3.05, 3.63) is 41.3 Å². The number of primary amides is 1. The number of rotatable bonds is 5. The summed E-state index contributed by atoms with van der Waals surface area (Å²) < 4.78 is 0. The number of piperazine rings is 1. The second-order valence-corrected chi connectivity index (χ2v) is 8.33. The van der Waals surface area contributed by atoms with Gasteiger partial charge >= 0.3 is 0 Å². The lowest BCUT2D eigenvalue weighted by Gasteiger charge is -2.34. The lowest BCUT2D eigenvalue weighted by atomic mass is 10.2. The number of hydrogen-bond donors (Lipinski definition) is 2. The molecule has 2 aromatic heterocycles. The maximum atomic E-state index is 11.2. The van der Waals surface area contributed by atoms with Crippen LogP contribution in [0.15, 0.2) is 35.7 Å². The van der Waals surface area contributed by atoms with Gasteiger partial charge < -0.3 is 20.9 Å². The maximum Gasteiger partial charge on any atom is 0.249 e. The highest BCUT2D eigenvalue weighted by Gasteiger charge is 2.15. The summed E-state index contributed by atoms with van der Waals surface area (Å²) in [5.74, 6) is -0.430. The van der Waals surface area contributed by atoms with Crippen LogP contribution < -0.4 is 16.0 Å². The van der Waals surface area contributed by atoms with E-state index in [9.17, 15) is 4.79 Å². The largest absolute Gasteiger partial charge is 0.369 e. The first kappa shape index (κ1) is 17.9. The Bertz CT molecular complexity index is 927. The molecule has 1 aliphatic rings. The number of nitrogens with two attached hydrogens (primary N) is 1. The van der Waals surface area contributed by atoms with E-state index in [1.54, 1.807) is 11.4 Å². The smallest absolute Gasteiger partial charge is 0.249 e. The highest BCUT2D eigenvalue weighted by atomic mass is 32.1. The van der Waals surface area contributed by atoms with E-state index in [-0.39, 0.29) is 0 Å². The lowest BCUT2D eigenvalue weighted by molar-refractivity contribution is 0.100. The Morgan fingerprint density at radius 3 is 2.56 bits per heavy atom. The first-order valence-electron chi connectivity index (χ1n) is 8.61. The van der Waals surface area contributed by atoms with Gasteiger partial charge in [0.2, 0.25) is 11.0 Å². The van der Waals surface area contributed by atoms with Crippen molar-refractivity contribution in [1.82, 2.24) is 15.1 Å². The van der Waals surface area contributed by atoms with Crippen molar-refractivity contribution in [3.8, 4) is 9.88 Å². The summed E-state index contributed by atoms with van der Waals surface area (Å²) in [5, 5.41) is 14.9. The van der Waals surface area contributed by atoms with Crippen LogP contribution in [0.5, 0.6) is 0 Å². The summed E-state index contributed by atoms with van der Waals surface area (Å²) in [6.45, 7) is 4.29. The molecule has 9 heteroatoms. The first-order chi connectivity index (χ1) is 13.1. The van der Waals surface area contributed by atoms with Crippen molar-refractivity contribution < 1.29 is 4.79 Å². The third-order valence-electron chi connectivity index (χ3n) is 4.51. The minimum absolute atomic E-state index is 0.430. The van der Waals surface area contributed by atoms with Gasteiger partial charge in [0.05, 0.1) is 10.4 Å². The van der Waals surface area contributed by atoms with Crippen LogP contribution in [0.25, 0.3) is 9.88 Å². The molecule has 7 nitrogen and oxygen atoms in total. The van der Waals surface area contributed by atoms with Gasteiger partial charge in [-0.2, -0.15) is 0 Å². The Morgan fingerprint density at radius 2 is 1.89 bits per heavy atom. The number of benzene rings is 1. The molecule has 0 atom stereocenters. The molecular weight excluding hydrogens is 380 g/mol. The lowest BCUT2D eigenvalue weighted by Crippen LogP contribution is -2.44. The van der Waals surface area contributed by atoms with Crippen molar-refractivity contribution in [2.45, 2.75) is 0 Å². The van der Waals surface area contributed by atoms with E-state index in [0.29, 0.717) is 10.7 Å². The van der Waals surface area contributed by atoms with Crippen LogP contribution in [-0.2, 0) is 0 Å². The van der Waals surface area contributed by atoms with Crippen LogP contribution in [0.3, 0.4) is 0 Å². The second-order valence-electron chi connectivity index (χ2n) is 6.44. The van der Waals surface area contributed by atoms with E-state index in [0.717, 1.165) is 41.8 Å². The molecule has 0 unspecified atom stereocenters. The van der Waals surface area contributed by atoms with Gasteiger partial charge in [0.15, 0.2) is 5.01 Å². The average Bonchev–Trinajstić information content (AvgIpc) is 3.32. The third kappa shape index (κ3) is 4.10. The summed E-state index contributed by atoms with van der Waals surface area (Å²) in [5.41, 5.74) is 8.01. The zero-order valence-electron chi connectivity index (χ0n) is 14.9. The molecular formula is C18H20N6OS2. The summed E-state index contributed by atoms with van der Waals surface area (Å²) in [6, 6.07) is 10.1. The molecule has 140 valence electrons. The number of carbonyl (C=O) groups is 1. The quantitative estimate of drug-likeness (QED) is 0.685. The Labute approximate surface area is 165 Å². The summed E-state index contributed by atoms with van der Waals surface area (Å²) in [4.78, 5) is 16.9. The predicted octanol–water partition coefficient (Wildman–Crippen LogP) is 2.86.